The Morgan fingerprint density at radius 3 is 2.62 bits per heavy atom. The minimum absolute atomic E-state index is 0.200. The van der Waals surface area contributed by atoms with Crippen LogP contribution in [0, 0.1) is 0 Å². The van der Waals surface area contributed by atoms with Crippen LogP contribution in [-0.4, -0.2) is 42.0 Å². The quantitative estimate of drug-likeness (QED) is 0.689. The van der Waals surface area contributed by atoms with Gasteiger partial charge in [0.15, 0.2) is 6.61 Å². The van der Waals surface area contributed by atoms with Gasteiger partial charge in [0, 0.05) is 0 Å². The van der Waals surface area contributed by atoms with E-state index in [0.717, 1.165) is 0 Å². The second-order valence-electron chi connectivity index (χ2n) is 5.17. The molecular weight excluding hydrogens is 340 g/mol. The van der Waals surface area contributed by atoms with Crippen molar-refractivity contribution in [2.45, 2.75) is 0 Å². The summed E-state index contributed by atoms with van der Waals surface area (Å²) in [5, 5.41) is 12.8. The molecule has 0 unspecified atom stereocenters. The Morgan fingerprint density at radius 2 is 1.88 bits per heavy atom. The Labute approximate surface area is 148 Å². The van der Waals surface area contributed by atoms with Crippen LogP contribution in [0.2, 0.25) is 0 Å². The maximum atomic E-state index is 10.7. The van der Waals surface area contributed by atoms with E-state index in [0.29, 0.717) is 34.2 Å². The van der Waals surface area contributed by atoms with Gasteiger partial charge in [0.2, 0.25) is 5.82 Å². The van der Waals surface area contributed by atoms with Crippen LogP contribution in [0.1, 0.15) is 0 Å². The van der Waals surface area contributed by atoms with E-state index in [9.17, 15) is 4.79 Å². The lowest BCUT2D eigenvalue weighted by atomic mass is 10.1. The molecule has 1 heterocycles. The van der Waals surface area contributed by atoms with Crippen LogP contribution in [0.5, 0.6) is 17.2 Å². The number of nitrogens with zero attached hydrogens (tertiary/aromatic N) is 2. The predicted octanol–water partition coefficient (Wildman–Crippen LogP) is 2.88. The van der Waals surface area contributed by atoms with E-state index < -0.39 is 12.6 Å². The van der Waals surface area contributed by atoms with Gasteiger partial charge in [-0.1, -0.05) is 17.3 Å². The van der Waals surface area contributed by atoms with Crippen LogP contribution >= 0.6 is 0 Å². The summed E-state index contributed by atoms with van der Waals surface area (Å²) in [5.41, 5.74) is 1.10. The minimum atomic E-state index is -1.08. The van der Waals surface area contributed by atoms with Crippen molar-refractivity contribution in [2.75, 3.05) is 20.8 Å². The smallest absolute Gasteiger partial charge is 0.341 e. The Balaban J connectivity index is 1.98. The van der Waals surface area contributed by atoms with Gasteiger partial charge >= 0.3 is 5.97 Å². The van der Waals surface area contributed by atoms with Gasteiger partial charge in [-0.05, 0) is 30.3 Å². The molecule has 134 valence electrons. The third kappa shape index (κ3) is 3.59. The molecular formula is C18H16N2O6. The van der Waals surface area contributed by atoms with E-state index in [2.05, 4.69) is 10.1 Å². The van der Waals surface area contributed by atoms with Crippen molar-refractivity contribution < 1.29 is 28.6 Å². The second kappa shape index (κ2) is 7.56. The third-order valence-electron chi connectivity index (χ3n) is 3.54. The molecule has 0 fully saturated rings. The molecule has 1 aromatic heterocycles. The molecule has 0 saturated heterocycles. The Kier molecular flexibility index (Phi) is 5.02. The Hall–Kier alpha value is -3.55. The van der Waals surface area contributed by atoms with Crippen molar-refractivity contribution in [3.63, 3.8) is 0 Å². The Bertz CT molecular complexity index is 922. The first-order valence-electron chi connectivity index (χ1n) is 7.62. The number of hydrogen-bond donors (Lipinski definition) is 1. The molecule has 0 aliphatic rings. The van der Waals surface area contributed by atoms with E-state index in [1.165, 1.54) is 0 Å². The SMILES string of the molecule is COc1ccc(OC)c(-c2noc(-c3ccccc3OCC(=O)O)n2)c1. The number of para-hydroxylation sites is 1. The zero-order valence-electron chi connectivity index (χ0n) is 14.1. The van der Waals surface area contributed by atoms with E-state index in [-0.39, 0.29) is 5.89 Å². The van der Waals surface area contributed by atoms with Gasteiger partial charge < -0.3 is 23.8 Å². The molecule has 0 saturated carbocycles. The predicted molar refractivity (Wildman–Crippen MR) is 91.4 cm³/mol. The highest BCUT2D eigenvalue weighted by molar-refractivity contribution is 5.71. The van der Waals surface area contributed by atoms with E-state index in [1.54, 1.807) is 56.7 Å². The zero-order chi connectivity index (χ0) is 18.5. The molecule has 0 aliphatic carbocycles. The summed E-state index contributed by atoms with van der Waals surface area (Å²) >= 11 is 0. The monoisotopic (exact) mass is 356 g/mol. The lowest BCUT2D eigenvalue weighted by Gasteiger charge is -2.07. The molecule has 0 bridgehead atoms. The highest BCUT2D eigenvalue weighted by Crippen LogP contribution is 2.34. The van der Waals surface area contributed by atoms with Crippen molar-refractivity contribution in [1.82, 2.24) is 10.1 Å². The van der Waals surface area contributed by atoms with Crippen molar-refractivity contribution in [1.29, 1.82) is 0 Å². The molecule has 3 aromatic rings. The van der Waals surface area contributed by atoms with Crippen LogP contribution in [0.4, 0.5) is 0 Å². The number of carbonyl (C=O) groups is 1. The normalized spacial score (nSPS) is 10.4. The van der Waals surface area contributed by atoms with Crippen molar-refractivity contribution in [3.8, 4) is 40.1 Å². The number of carboxylic acids is 1. The summed E-state index contributed by atoms with van der Waals surface area (Å²) < 4.78 is 21.2. The topological polar surface area (TPSA) is 104 Å². The number of aliphatic carboxylic acids is 1. The van der Waals surface area contributed by atoms with Gasteiger partial charge in [-0.15, -0.1) is 0 Å². The first-order valence-corrected chi connectivity index (χ1v) is 7.62. The maximum Gasteiger partial charge on any atom is 0.341 e. The number of carboxylic acid groups (broad SMARTS) is 1. The molecule has 8 nitrogen and oxygen atoms in total. The van der Waals surface area contributed by atoms with E-state index in [1.807, 2.05) is 0 Å². The van der Waals surface area contributed by atoms with Gasteiger partial charge in [0.05, 0.1) is 25.3 Å². The number of benzene rings is 2. The first kappa shape index (κ1) is 17.3. The molecule has 0 aliphatic heterocycles. The minimum Gasteiger partial charge on any atom is -0.497 e. The van der Waals surface area contributed by atoms with Crippen LogP contribution in [0.25, 0.3) is 22.8 Å². The van der Waals surface area contributed by atoms with Crippen LogP contribution in [-0.2, 0) is 4.79 Å². The van der Waals surface area contributed by atoms with Crippen molar-refractivity contribution in [3.05, 3.63) is 42.5 Å². The number of hydrogen-bond acceptors (Lipinski definition) is 7. The summed E-state index contributed by atoms with van der Waals surface area (Å²) in [6.07, 6.45) is 0. The number of ether oxygens (including phenoxy) is 3. The first-order chi connectivity index (χ1) is 12.6. The molecule has 2 aromatic carbocycles. The number of methoxy groups -OCH3 is 2. The fourth-order valence-corrected chi connectivity index (χ4v) is 2.34. The number of aromatic nitrogens is 2. The highest BCUT2D eigenvalue weighted by atomic mass is 16.5. The standard InChI is InChI=1S/C18H16N2O6/c1-23-11-7-8-14(24-2)13(9-11)17-19-18(26-20-17)12-5-3-4-6-15(12)25-10-16(21)22/h3-9H,10H2,1-2H3,(H,21,22). The largest absolute Gasteiger partial charge is 0.497 e. The van der Waals surface area contributed by atoms with E-state index in [4.69, 9.17) is 23.8 Å². The molecule has 8 heteroatoms. The van der Waals surface area contributed by atoms with E-state index >= 15 is 0 Å². The molecule has 1 N–H and O–H groups in total. The maximum absolute atomic E-state index is 10.7. The van der Waals surface area contributed by atoms with Crippen LogP contribution in [0.3, 0.4) is 0 Å². The summed E-state index contributed by atoms with van der Waals surface area (Å²) in [6, 6.07) is 12.1. The zero-order valence-corrected chi connectivity index (χ0v) is 14.1. The van der Waals surface area contributed by atoms with Crippen molar-refractivity contribution >= 4 is 5.97 Å². The molecule has 0 atom stereocenters. The fourth-order valence-electron chi connectivity index (χ4n) is 2.34. The average molecular weight is 356 g/mol. The summed E-state index contributed by atoms with van der Waals surface area (Å²) in [7, 11) is 3.10. The molecule has 0 amide bonds. The Morgan fingerprint density at radius 1 is 1.08 bits per heavy atom. The molecule has 3 rings (SSSR count). The average Bonchev–Trinajstić information content (AvgIpc) is 3.15. The van der Waals surface area contributed by atoms with Gasteiger partial charge in [-0.25, -0.2) is 4.79 Å². The highest BCUT2D eigenvalue weighted by Gasteiger charge is 2.18. The van der Waals surface area contributed by atoms with Crippen LogP contribution < -0.4 is 14.2 Å². The molecule has 26 heavy (non-hydrogen) atoms. The third-order valence-corrected chi connectivity index (χ3v) is 3.54. The van der Waals surface area contributed by atoms with Gasteiger partial charge in [-0.2, -0.15) is 4.98 Å². The molecule has 0 radical (unpaired) electrons. The van der Waals surface area contributed by atoms with Gasteiger partial charge in [-0.3, -0.25) is 0 Å². The lowest BCUT2D eigenvalue weighted by Crippen LogP contribution is -2.09. The summed E-state index contributed by atoms with van der Waals surface area (Å²) in [6.45, 7) is -0.471. The van der Waals surface area contributed by atoms with Gasteiger partial charge in [0.25, 0.3) is 5.89 Å². The van der Waals surface area contributed by atoms with Crippen molar-refractivity contribution in [2.24, 2.45) is 0 Å². The van der Waals surface area contributed by atoms with Crippen LogP contribution in [0.15, 0.2) is 47.0 Å². The number of rotatable bonds is 7. The molecule has 0 spiro atoms. The van der Waals surface area contributed by atoms with Gasteiger partial charge in [0.1, 0.15) is 17.2 Å². The summed E-state index contributed by atoms with van der Waals surface area (Å²) in [5.74, 6) is 0.954. The fraction of sp³-hybridized carbons (Fsp3) is 0.167. The second-order valence-corrected chi connectivity index (χ2v) is 5.17. The lowest BCUT2D eigenvalue weighted by molar-refractivity contribution is -0.139. The summed E-state index contributed by atoms with van der Waals surface area (Å²) in [4.78, 5) is 15.1.